The molecule has 1 atom stereocenters. The van der Waals surface area contributed by atoms with Crippen LogP contribution in [0.3, 0.4) is 0 Å². The number of halogens is 2. The van der Waals surface area contributed by atoms with Crippen LogP contribution < -0.4 is 0 Å². The SMILES string of the molecule is OCC1CCN(C[C@@]2(COCc3ccccc3)CC2(F)F)CC1. The first-order valence-corrected chi connectivity index (χ1v) is 8.37. The second-order valence-electron chi connectivity index (χ2n) is 7.04. The lowest BCUT2D eigenvalue weighted by atomic mass is 9.96. The summed E-state index contributed by atoms with van der Waals surface area (Å²) in [5.74, 6) is -2.28. The molecule has 5 heteroatoms. The lowest BCUT2D eigenvalue weighted by Crippen LogP contribution is -2.41. The molecule has 3 rings (SSSR count). The zero-order chi connectivity index (χ0) is 16.3. The standard InChI is InChI=1S/C18H25F2NO2/c19-18(20)12-17(18,13-21-8-6-15(10-22)7-9-21)14-23-11-16-4-2-1-3-5-16/h1-5,15,22H,6-14H2/t17-/m1/s1. The summed E-state index contributed by atoms with van der Waals surface area (Å²) in [6.07, 6.45) is 1.71. The van der Waals surface area contributed by atoms with Gasteiger partial charge in [-0.05, 0) is 37.4 Å². The molecule has 3 nitrogen and oxygen atoms in total. The van der Waals surface area contributed by atoms with E-state index >= 15 is 0 Å². The fraction of sp³-hybridized carbons (Fsp3) is 0.667. The highest BCUT2D eigenvalue weighted by Crippen LogP contribution is 2.61. The molecule has 1 aliphatic carbocycles. The van der Waals surface area contributed by atoms with Crippen molar-refractivity contribution < 1.29 is 18.6 Å². The maximum atomic E-state index is 13.9. The first-order chi connectivity index (χ1) is 11.0. The van der Waals surface area contributed by atoms with E-state index in [1.54, 1.807) is 0 Å². The maximum Gasteiger partial charge on any atom is 0.258 e. The molecule has 0 amide bonds. The predicted molar refractivity (Wildman–Crippen MR) is 84.3 cm³/mol. The van der Waals surface area contributed by atoms with Crippen LogP contribution in [0.25, 0.3) is 0 Å². The van der Waals surface area contributed by atoms with Crippen molar-refractivity contribution in [3.63, 3.8) is 0 Å². The Hall–Kier alpha value is -1.04. The van der Waals surface area contributed by atoms with E-state index in [0.29, 0.717) is 19.1 Å². The number of likely N-dealkylation sites (tertiary alicyclic amines) is 1. The zero-order valence-electron chi connectivity index (χ0n) is 13.4. The Balaban J connectivity index is 1.50. The van der Waals surface area contributed by atoms with Gasteiger partial charge < -0.3 is 14.7 Å². The molecule has 0 radical (unpaired) electrons. The molecule has 0 aromatic heterocycles. The van der Waals surface area contributed by atoms with E-state index in [-0.39, 0.29) is 19.6 Å². The predicted octanol–water partition coefficient (Wildman–Crippen LogP) is 2.93. The summed E-state index contributed by atoms with van der Waals surface area (Å²) in [5, 5.41) is 9.17. The molecule has 0 bridgehead atoms. The third kappa shape index (κ3) is 3.90. The third-order valence-electron chi connectivity index (χ3n) is 5.19. The Morgan fingerprint density at radius 2 is 1.83 bits per heavy atom. The van der Waals surface area contributed by atoms with Gasteiger partial charge in [0.15, 0.2) is 0 Å². The summed E-state index contributed by atoms with van der Waals surface area (Å²) in [7, 11) is 0. The quantitative estimate of drug-likeness (QED) is 0.837. The molecule has 1 heterocycles. The van der Waals surface area contributed by atoms with Gasteiger partial charge in [-0.3, -0.25) is 0 Å². The van der Waals surface area contributed by atoms with Crippen molar-refractivity contribution in [2.24, 2.45) is 11.3 Å². The topological polar surface area (TPSA) is 32.7 Å². The van der Waals surface area contributed by atoms with Gasteiger partial charge in [-0.1, -0.05) is 30.3 Å². The van der Waals surface area contributed by atoms with Crippen molar-refractivity contribution in [1.29, 1.82) is 0 Å². The van der Waals surface area contributed by atoms with Gasteiger partial charge in [0.05, 0.1) is 18.6 Å². The average molecular weight is 325 g/mol. The van der Waals surface area contributed by atoms with Crippen LogP contribution in [0.5, 0.6) is 0 Å². The molecule has 0 spiro atoms. The minimum atomic E-state index is -2.61. The van der Waals surface area contributed by atoms with Crippen LogP contribution in [0, 0.1) is 11.3 Å². The molecule has 2 aliphatic rings. The maximum absolute atomic E-state index is 13.9. The molecule has 1 aliphatic heterocycles. The minimum absolute atomic E-state index is 0.0747. The number of benzene rings is 1. The monoisotopic (exact) mass is 325 g/mol. The van der Waals surface area contributed by atoms with Gasteiger partial charge >= 0.3 is 0 Å². The molecule has 128 valence electrons. The van der Waals surface area contributed by atoms with Crippen LogP contribution in [-0.2, 0) is 11.3 Å². The molecule has 1 aromatic rings. The fourth-order valence-electron chi connectivity index (χ4n) is 3.45. The molecule has 1 saturated carbocycles. The van der Waals surface area contributed by atoms with Crippen molar-refractivity contribution in [2.45, 2.75) is 31.8 Å². The Morgan fingerprint density at radius 3 is 2.39 bits per heavy atom. The van der Waals surface area contributed by atoms with Crippen molar-refractivity contribution in [1.82, 2.24) is 4.90 Å². The highest BCUT2D eigenvalue weighted by Gasteiger charge is 2.71. The van der Waals surface area contributed by atoms with E-state index < -0.39 is 11.3 Å². The summed E-state index contributed by atoms with van der Waals surface area (Å²) in [6.45, 7) is 2.67. The molecule has 1 saturated heterocycles. The number of nitrogens with zero attached hydrogens (tertiary/aromatic N) is 1. The zero-order valence-corrected chi connectivity index (χ0v) is 13.4. The molecule has 1 aromatic carbocycles. The van der Waals surface area contributed by atoms with Crippen LogP contribution in [0.1, 0.15) is 24.8 Å². The lowest BCUT2D eigenvalue weighted by Gasteiger charge is -2.33. The molecule has 23 heavy (non-hydrogen) atoms. The number of alkyl halides is 2. The van der Waals surface area contributed by atoms with Crippen LogP contribution in [0.15, 0.2) is 30.3 Å². The smallest absolute Gasteiger partial charge is 0.258 e. The van der Waals surface area contributed by atoms with Gasteiger partial charge in [0.2, 0.25) is 0 Å². The second kappa shape index (κ2) is 6.83. The van der Waals surface area contributed by atoms with E-state index in [1.165, 1.54) is 0 Å². The van der Waals surface area contributed by atoms with Crippen molar-refractivity contribution in [2.75, 3.05) is 32.8 Å². The number of rotatable bonds is 7. The average Bonchev–Trinajstić information content (AvgIpc) is 3.09. The highest BCUT2D eigenvalue weighted by molar-refractivity contribution is 5.14. The van der Waals surface area contributed by atoms with Crippen LogP contribution in [0.2, 0.25) is 0 Å². The van der Waals surface area contributed by atoms with E-state index in [2.05, 4.69) is 4.90 Å². The van der Waals surface area contributed by atoms with Crippen molar-refractivity contribution >= 4 is 0 Å². The van der Waals surface area contributed by atoms with E-state index in [4.69, 9.17) is 4.74 Å². The van der Waals surface area contributed by atoms with Gasteiger partial charge in [0.1, 0.15) is 0 Å². The molecular formula is C18H25F2NO2. The van der Waals surface area contributed by atoms with Crippen LogP contribution in [0.4, 0.5) is 8.78 Å². The number of aliphatic hydroxyl groups excluding tert-OH is 1. The molecule has 0 unspecified atom stereocenters. The summed E-state index contributed by atoms with van der Waals surface area (Å²) >= 11 is 0. The first-order valence-electron chi connectivity index (χ1n) is 8.37. The summed E-state index contributed by atoms with van der Waals surface area (Å²) < 4.78 is 33.5. The molecular weight excluding hydrogens is 300 g/mol. The summed E-state index contributed by atoms with van der Waals surface area (Å²) in [4.78, 5) is 2.11. The Kier molecular flexibility index (Phi) is 4.99. The Morgan fingerprint density at radius 1 is 1.17 bits per heavy atom. The van der Waals surface area contributed by atoms with Gasteiger partial charge in [-0.15, -0.1) is 0 Å². The highest BCUT2D eigenvalue weighted by atomic mass is 19.3. The number of hydrogen-bond acceptors (Lipinski definition) is 3. The summed E-state index contributed by atoms with van der Waals surface area (Å²) in [6, 6.07) is 9.65. The number of hydrogen-bond donors (Lipinski definition) is 1. The largest absolute Gasteiger partial charge is 0.396 e. The van der Waals surface area contributed by atoms with Gasteiger partial charge in [-0.25, -0.2) is 8.78 Å². The van der Waals surface area contributed by atoms with Crippen molar-refractivity contribution in [3.05, 3.63) is 35.9 Å². The van der Waals surface area contributed by atoms with Crippen LogP contribution in [-0.4, -0.2) is 48.8 Å². The number of piperidine rings is 1. The number of ether oxygens (including phenoxy) is 1. The van der Waals surface area contributed by atoms with Gasteiger partial charge in [-0.2, -0.15) is 0 Å². The van der Waals surface area contributed by atoms with Gasteiger partial charge in [0.25, 0.3) is 5.92 Å². The molecule has 2 fully saturated rings. The Labute approximate surface area is 136 Å². The number of aliphatic hydroxyl groups is 1. The summed E-state index contributed by atoms with van der Waals surface area (Å²) in [5.41, 5.74) is -0.0104. The van der Waals surface area contributed by atoms with Crippen LogP contribution >= 0.6 is 0 Å². The van der Waals surface area contributed by atoms with E-state index in [1.807, 2.05) is 30.3 Å². The van der Waals surface area contributed by atoms with E-state index in [9.17, 15) is 13.9 Å². The minimum Gasteiger partial charge on any atom is -0.396 e. The lowest BCUT2D eigenvalue weighted by molar-refractivity contribution is -0.0173. The Bertz CT molecular complexity index is 503. The first kappa shape index (κ1) is 16.8. The fourth-order valence-corrected chi connectivity index (χ4v) is 3.45. The second-order valence-corrected chi connectivity index (χ2v) is 7.04. The van der Waals surface area contributed by atoms with Crippen molar-refractivity contribution in [3.8, 4) is 0 Å². The molecule has 1 N–H and O–H groups in total. The van der Waals surface area contributed by atoms with Gasteiger partial charge in [0, 0.05) is 19.6 Å². The third-order valence-corrected chi connectivity index (χ3v) is 5.19. The van der Waals surface area contributed by atoms with E-state index in [0.717, 1.165) is 31.5 Å². The normalized spacial score (nSPS) is 28.0.